The molecular weight excluding hydrogens is 182 g/mol. The number of aliphatic hydroxyl groups excluding tert-OH is 1. The molecule has 1 aliphatic rings. The lowest BCUT2D eigenvalue weighted by molar-refractivity contribution is 0.178. The Morgan fingerprint density at radius 2 is 2.42 bits per heavy atom. The van der Waals surface area contributed by atoms with Crippen LogP contribution in [0.2, 0.25) is 0 Å². The molecule has 6 heteroatoms. The normalized spacial score (nSPS) is 32.5. The van der Waals surface area contributed by atoms with Crippen LogP contribution in [0.25, 0.3) is 0 Å². The van der Waals surface area contributed by atoms with Crippen molar-refractivity contribution in [2.45, 2.75) is 19.4 Å². The quantitative estimate of drug-likeness (QED) is 0.544. The molecular formula is C6H11NO4S. The monoisotopic (exact) mass is 193 g/mol. The van der Waals surface area contributed by atoms with E-state index in [9.17, 15) is 13.5 Å². The molecule has 1 aliphatic heterocycles. The highest BCUT2D eigenvalue weighted by molar-refractivity contribution is 7.84. The molecule has 0 radical (unpaired) electrons. The van der Waals surface area contributed by atoms with Crippen LogP contribution in [-0.2, 0) is 14.5 Å². The predicted molar refractivity (Wildman–Crippen MR) is 42.4 cm³/mol. The van der Waals surface area contributed by atoms with Crippen LogP contribution >= 0.6 is 0 Å². The Kier molecular flexibility index (Phi) is 2.71. The van der Waals surface area contributed by atoms with Gasteiger partial charge in [0.2, 0.25) is 0 Å². The van der Waals surface area contributed by atoms with Crippen LogP contribution in [0, 0.1) is 0 Å². The van der Waals surface area contributed by atoms with Crippen molar-refractivity contribution in [3.8, 4) is 0 Å². The molecule has 5 nitrogen and oxygen atoms in total. The topological polar surface area (TPSA) is 75.6 Å². The number of hydrogen-bond donors (Lipinski definition) is 2. The van der Waals surface area contributed by atoms with E-state index >= 15 is 0 Å². The van der Waals surface area contributed by atoms with E-state index in [1.807, 2.05) is 0 Å². The molecule has 0 aromatic carbocycles. The Morgan fingerprint density at radius 3 is 3.00 bits per heavy atom. The van der Waals surface area contributed by atoms with Gasteiger partial charge in [-0.3, -0.25) is 8.91 Å². The van der Waals surface area contributed by atoms with E-state index in [0.29, 0.717) is 0 Å². The minimum atomic E-state index is -3.69. The largest absolute Gasteiger partial charge is 0.387 e. The summed E-state index contributed by atoms with van der Waals surface area (Å²) < 4.78 is 28.4. The van der Waals surface area contributed by atoms with E-state index < -0.39 is 16.4 Å². The fourth-order valence-electron chi connectivity index (χ4n) is 0.918. The third-order valence-electron chi connectivity index (χ3n) is 1.54. The van der Waals surface area contributed by atoms with Crippen molar-refractivity contribution in [3.63, 3.8) is 0 Å². The first-order chi connectivity index (χ1) is 5.55. The summed E-state index contributed by atoms with van der Waals surface area (Å²) in [5, 5.41) is 9.31. The van der Waals surface area contributed by atoms with E-state index in [2.05, 4.69) is 8.91 Å². The molecule has 12 heavy (non-hydrogen) atoms. The van der Waals surface area contributed by atoms with E-state index in [-0.39, 0.29) is 18.7 Å². The highest BCUT2D eigenvalue weighted by atomic mass is 32.2. The molecule has 1 rings (SSSR count). The summed E-state index contributed by atoms with van der Waals surface area (Å²) in [6, 6.07) is 0. The summed E-state index contributed by atoms with van der Waals surface area (Å²) in [7, 11) is -3.69. The van der Waals surface area contributed by atoms with E-state index in [4.69, 9.17) is 0 Å². The van der Waals surface area contributed by atoms with Crippen molar-refractivity contribution in [2.24, 2.45) is 0 Å². The fourth-order valence-corrected chi connectivity index (χ4v) is 1.84. The van der Waals surface area contributed by atoms with Gasteiger partial charge in [0.05, 0.1) is 18.4 Å². The molecule has 0 saturated carbocycles. The Labute approximate surface area is 71.3 Å². The maximum Gasteiger partial charge on any atom is 0.359 e. The molecule has 1 heterocycles. The van der Waals surface area contributed by atoms with Crippen LogP contribution in [0.5, 0.6) is 0 Å². The average molecular weight is 193 g/mol. The van der Waals surface area contributed by atoms with Gasteiger partial charge in [-0.15, -0.1) is 0 Å². The van der Waals surface area contributed by atoms with Gasteiger partial charge in [-0.25, -0.2) is 0 Å². The third kappa shape index (κ3) is 2.20. The first-order valence-electron chi connectivity index (χ1n) is 3.56. The summed E-state index contributed by atoms with van der Waals surface area (Å²) in [5.41, 5.74) is 0.271. The van der Waals surface area contributed by atoms with Crippen molar-refractivity contribution in [2.75, 3.05) is 6.61 Å². The molecule has 1 atom stereocenters. The van der Waals surface area contributed by atoms with Crippen molar-refractivity contribution < 1.29 is 17.7 Å². The second-order valence-electron chi connectivity index (χ2n) is 2.43. The van der Waals surface area contributed by atoms with Gasteiger partial charge in [-0.05, 0) is 6.92 Å². The minimum absolute atomic E-state index is 0.00778. The number of hydrogen-bond acceptors (Lipinski definition) is 4. The number of allylic oxidation sites excluding steroid dienone is 1. The maximum atomic E-state index is 10.9. The van der Waals surface area contributed by atoms with Gasteiger partial charge in [-0.2, -0.15) is 8.42 Å². The minimum Gasteiger partial charge on any atom is -0.387 e. The Bertz CT molecular complexity index is 282. The molecule has 2 N–H and O–H groups in total. The van der Waals surface area contributed by atoms with Crippen molar-refractivity contribution in [1.82, 2.24) is 4.72 Å². The zero-order valence-electron chi connectivity index (χ0n) is 6.65. The molecule has 0 bridgehead atoms. The zero-order valence-corrected chi connectivity index (χ0v) is 7.47. The molecule has 1 fully saturated rings. The van der Waals surface area contributed by atoms with Crippen LogP contribution < -0.4 is 4.72 Å². The second kappa shape index (κ2) is 3.42. The molecule has 0 aromatic rings. The lowest BCUT2D eigenvalue weighted by Crippen LogP contribution is -2.26. The van der Waals surface area contributed by atoms with Crippen molar-refractivity contribution in [1.29, 1.82) is 0 Å². The van der Waals surface area contributed by atoms with Gasteiger partial charge in [-0.1, -0.05) is 6.08 Å². The summed E-state index contributed by atoms with van der Waals surface area (Å²) >= 11 is 0. The smallest absolute Gasteiger partial charge is 0.359 e. The van der Waals surface area contributed by atoms with Crippen LogP contribution in [-0.4, -0.2) is 26.2 Å². The fraction of sp³-hybridized carbons (Fsp3) is 0.667. The van der Waals surface area contributed by atoms with Crippen molar-refractivity contribution in [3.05, 3.63) is 11.8 Å². The number of rotatable bonds is 0. The highest BCUT2D eigenvalue weighted by Gasteiger charge is 2.22. The van der Waals surface area contributed by atoms with Crippen LogP contribution in [0.3, 0.4) is 0 Å². The zero-order chi connectivity index (χ0) is 9.19. The summed E-state index contributed by atoms with van der Waals surface area (Å²) in [4.78, 5) is 0. The molecule has 1 unspecified atom stereocenters. The standard InChI is InChI=1S/C6H11NO4S/c1-2-5-6(8)3-4-11-12(9,10)7-5/h2,6-8H,3-4H2,1H3/b5-2-. The predicted octanol–water partition coefficient (Wildman–Crippen LogP) is -0.494. The van der Waals surface area contributed by atoms with Crippen LogP contribution in [0.1, 0.15) is 13.3 Å². The third-order valence-corrected chi connectivity index (χ3v) is 2.51. The van der Waals surface area contributed by atoms with Crippen molar-refractivity contribution >= 4 is 10.3 Å². The summed E-state index contributed by atoms with van der Waals surface area (Å²) in [6.07, 6.45) is 1.01. The first kappa shape index (κ1) is 9.50. The number of aliphatic hydroxyl groups is 1. The van der Waals surface area contributed by atoms with E-state index in [0.717, 1.165) is 0 Å². The SMILES string of the molecule is C/C=C1\NS(=O)(=O)OCCC1O. The Balaban J connectivity index is 2.87. The Hall–Kier alpha value is -0.590. The van der Waals surface area contributed by atoms with Crippen LogP contribution in [0.4, 0.5) is 0 Å². The Morgan fingerprint density at radius 1 is 1.75 bits per heavy atom. The van der Waals surface area contributed by atoms with Crippen LogP contribution in [0.15, 0.2) is 11.8 Å². The van der Waals surface area contributed by atoms with Gasteiger partial charge >= 0.3 is 10.3 Å². The summed E-state index contributed by atoms with van der Waals surface area (Å²) in [6.45, 7) is 1.65. The molecule has 0 amide bonds. The van der Waals surface area contributed by atoms with Gasteiger partial charge in [0, 0.05) is 6.42 Å². The van der Waals surface area contributed by atoms with Gasteiger partial charge < -0.3 is 5.11 Å². The first-order valence-corrected chi connectivity index (χ1v) is 4.97. The molecule has 1 saturated heterocycles. The number of nitrogens with one attached hydrogen (secondary N) is 1. The van der Waals surface area contributed by atoms with Gasteiger partial charge in [0.1, 0.15) is 0 Å². The molecule has 0 spiro atoms. The van der Waals surface area contributed by atoms with Gasteiger partial charge in [0.25, 0.3) is 0 Å². The average Bonchev–Trinajstić information content (AvgIpc) is 2.10. The summed E-state index contributed by atoms with van der Waals surface area (Å²) in [5.74, 6) is 0. The second-order valence-corrected chi connectivity index (χ2v) is 3.77. The molecule has 0 aliphatic carbocycles. The maximum absolute atomic E-state index is 10.9. The lowest BCUT2D eigenvalue weighted by Gasteiger charge is -2.09. The highest BCUT2D eigenvalue weighted by Crippen LogP contribution is 2.10. The lowest BCUT2D eigenvalue weighted by atomic mass is 10.2. The molecule has 0 aromatic heterocycles. The molecule has 70 valence electrons. The van der Waals surface area contributed by atoms with E-state index in [1.165, 1.54) is 6.08 Å². The van der Waals surface area contributed by atoms with Gasteiger partial charge in [0.15, 0.2) is 0 Å². The van der Waals surface area contributed by atoms with E-state index in [1.54, 1.807) is 6.92 Å².